The van der Waals surface area contributed by atoms with Crippen molar-refractivity contribution in [1.82, 2.24) is 5.32 Å². The molecule has 1 aromatic rings. The van der Waals surface area contributed by atoms with E-state index in [4.69, 9.17) is 15.2 Å². The topological polar surface area (TPSA) is 108 Å². The van der Waals surface area contributed by atoms with Gasteiger partial charge in [-0.3, -0.25) is 14.4 Å². The first-order valence-corrected chi connectivity index (χ1v) is 7.80. The van der Waals surface area contributed by atoms with E-state index < -0.39 is 29.7 Å². The highest BCUT2D eigenvalue weighted by Gasteiger charge is 2.27. The molecule has 0 aromatic heterocycles. The summed E-state index contributed by atoms with van der Waals surface area (Å²) in [5.74, 6) is -2.08. The minimum Gasteiger partial charge on any atom is -0.466 e. The maximum atomic E-state index is 11.9. The monoisotopic (exact) mass is 336 g/mol. The van der Waals surface area contributed by atoms with Crippen LogP contribution >= 0.6 is 0 Å². The molecule has 2 atom stereocenters. The van der Waals surface area contributed by atoms with Crippen molar-refractivity contribution in [3.63, 3.8) is 0 Å². The van der Waals surface area contributed by atoms with Gasteiger partial charge in [-0.05, 0) is 18.4 Å². The molecule has 0 saturated carbocycles. The van der Waals surface area contributed by atoms with E-state index in [1.165, 1.54) is 0 Å². The molecular weight excluding hydrogens is 312 g/mol. The van der Waals surface area contributed by atoms with Crippen molar-refractivity contribution < 1.29 is 23.9 Å². The van der Waals surface area contributed by atoms with Gasteiger partial charge in [-0.15, -0.1) is 0 Å². The Morgan fingerprint density at radius 2 is 1.88 bits per heavy atom. The van der Waals surface area contributed by atoms with Crippen molar-refractivity contribution in [2.24, 2.45) is 11.7 Å². The lowest BCUT2D eigenvalue weighted by molar-refractivity contribution is -0.145. The molecule has 2 amide bonds. The van der Waals surface area contributed by atoms with Crippen LogP contribution in [0.1, 0.15) is 25.8 Å². The van der Waals surface area contributed by atoms with Crippen LogP contribution in [-0.4, -0.2) is 37.0 Å². The number of nitrogens with two attached hydrogens (primary N) is 1. The van der Waals surface area contributed by atoms with Gasteiger partial charge in [0.2, 0.25) is 11.8 Å². The molecule has 7 heteroatoms. The van der Waals surface area contributed by atoms with Gasteiger partial charge in [0.1, 0.15) is 12.6 Å². The van der Waals surface area contributed by atoms with E-state index in [9.17, 15) is 14.4 Å². The number of esters is 1. The van der Waals surface area contributed by atoms with E-state index in [1.54, 1.807) is 13.8 Å². The Morgan fingerprint density at radius 3 is 2.46 bits per heavy atom. The van der Waals surface area contributed by atoms with Crippen molar-refractivity contribution >= 4 is 17.8 Å². The minimum atomic E-state index is -0.956. The largest absolute Gasteiger partial charge is 0.466 e. The van der Waals surface area contributed by atoms with E-state index in [2.05, 4.69) is 5.32 Å². The number of hydrogen-bond donors (Lipinski definition) is 2. The van der Waals surface area contributed by atoms with Crippen LogP contribution in [0.15, 0.2) is 30.3 Å². The Morgan fingerprint density at radius 1 is 1.21 bits per heavy atom. The van der Waals surface area contributed by atoms with Gasteiger partial charge in [0.05, 0.1) is 19.6 Å². The van der Waals surface area contributed by atoms with E-state index in [-0.39, 0.29) is 26.2 Å². The molecule has 0 radical (unpaired) electrons. The van der Waals surface area contributed by atoms with Crippen molar-refractivity contribution in [1.29, 1.82) is 0 Å². The lowest BCUT2D eigenvalue weighted by Crippen LogP contribution is -2.49. The fourth-order valence-electron chi connectivity index (χ4n) is 2.15. The first-order valence-electron chi connectivity index (χ1n) is 7.80. The molecule has 3 N–H and O–H groups in total. The van der Waals surface area contributed by atoms with E-state index in [1.807, 2.05) is 30.3 Å². The number of nitrogens with one attached hydrogen (secondary N) is 1. The van der Waals surface area contributed by atoms with Crippen LogP contribution in [-0.2, 0) is 30.5 Å². The zero-order chi connectivity index (χ0) is 17.9. The molecule has 1 aromatic carbocycles. The number of ether oxygens (including phenoxy) is 2. The fourth-order valence-corrected chi connectivity index (χ4v) is 2.15. The summed E-state index contributed by atoms with van der Waals surface area (Å²) in [4.78, 5) is 34.9. The molecule has 0 aliphatic rings. The smallest absolute Gasteiger partial charge is 0.306 e. The number of carbonyl (C=O) groups is 3. The average Bonchev–Trinajstić information content (AvgIpc) is 2.53. The van der Waals surface area contributed by atoms with Gasteiger partial charge >= 0.3 is 5.97 Å². The molecule has 1 rings (SSSR count). The van der Waals surface area contributed by atoms with Gasteiger partial charge in [0, 0.05) is 0 Å². The Kier molecular flexibility index (Phi) is 8.49. The average molecular weight is 336 g/mol. The Hall–Kier alpha value is -2.41. The van der Waals surface area contributed by atoms with Gasteiger partial charge < -0.3 is 20.5 Å². The Balaban J connectivity index is 2.44. The molecule has 0 unspecified atom stereocenters. The van der Waals surface area contributed by atoms with E-state index >= 15 is 0 Å². The maximum absolute atomic E-state index is 11.9. The molecule has 0 aliphatic carbocycles. The second-order valence-corrected chi connectivity index (χ2v) is 5.41. The number of amides is 2. The van der Waals surface area contributed by atoms with Gasteiger partial charge in [-0.1, -0.05) is 37.3 Å². The van der Waals surface area contributed by atoms with Crippen LogP contribution in [0.3, 0.4) is 0 Å². The fraction of sp³-hybridized carbons (Fsp3) is 0.471. The van der Waals surface area contributed by atoms with Crippen LogP contribution in [0.5, 0.6) is 0 Å². The third kappa shape index (κ3) is 7.23. The summed E-state index contributed by atoms with van der Waals surface area (Å²) in [6.07, 6.45) is -0.00734. The highest BCUT2D eigenvalue weighted by Crippen LogP contribution is 2.10. The summed E-state index contributed by atoms with van der Waals surface area (Å²) < 4.78 is 10.1. The number of hydrogen-bond acceptors (Lipinski definition) is 5. The summed E-state index contributed by atoms with van der Waals surface area (Å²) in [6.45, 7) is 3.68. The quantitative estimate of drug-likeness (QED) is 0.613. The van der Waals surface area contributed by atoms with Crippen LogP contribution in [0.25, 0.3) is 0 Å². The summed E-state index contributed by atoms with van der Waals surface area (Å²) in [6, 6.07) is 8.44. The molecule has 0 heterocycles. The van der Waals surface area contributed by atoms with Crippen molar-refractivity contribution in [3.8, 4) is 0 Å². The van der Waals surface area contributed by atoms with E-state index in [0.717, 1.165) is 5.56 Å². The summed E-state index contributed by atoms with van der Waals surface area (Å²) in [5.41, 5.74) is 6.25. The number of benzene rings is 1. The predicted octanol–water partition coefficient (Wildman–Crippen LogP) is 0.763. The van der Waals surface area contributed by atoms with Gasteiger partial charge in [-0.25, -0.2) is 0 Å². The zero-order valence-corrected chi connectivity index (χ0v) is 14.0. The first-order chi connectivity index (χ1) is 11.4. The Bertz CT molecular complexity index is 547. The second-order valence-electron chi connectivity index (χ2n) is 5.41. The molecule has 7 nitrogen and oxygen atoms in total. The third-order valence-electron chi connectivity index (χ3n) is 3.33. The van der Waals surface area contributed by atoms with Crippen molar-refractivity contribution in [3.05, 3.63) is 35.9 Å². The highest BCUT2D eigenvalue weighted by molar-refractivity contribution is 5.87. The zero-order valence-electron chi connectivity index (χ0n) is 14.0. The molecule has 0 aliphatic heterocycles. The molecule has 0 saturated heterocycles. The molecule has 0 spiro atoms. The van der Waals surface area contributed by atoms with Crippen molar-refractivity contribution in [2.75, 3.05) is 13.2 Å². The second kappa shape index (κ2) is 10.4. The lowest BCUT2D eigenvalue weighted by Gasteiger charge is -2.21. The van der Waals surface area contributed by atoms with Gasteiger partial charge in [-0.2, -0.15) is 0 Å². The van der Waals surface area contributed by atoms with Crippen LogP contribution in [0.4, 0.5) is 0 Å². The maximum Gasteiger partial charge on any atom is 0.306 e. The number of carbonyl (C=O) groups excluding carboxylic acids is 3. The molecule has 24 heavy (non-hydrogen) atoms. The van der Waals surface area contributed by atoms with Crippen LogP contribution in [0.2, 0.25) is 0 Å². The predicted molar refractivity (Wildman–Crippen MR) is 87.6 cm³/mol. The van der Waals surface area contributed by atoms with E-state index in [0.29, 0.717) is 0 Å². The highest BCUT2D eigenvalue weighted by atomic mass is 16.5. The van der Waals surface area contributed by atoms with Crippen LogP contribution < -0.4 is 11.1 Å². The summed E-state index contributed by atoms with van der Waals surface area (Å²) >= 11 is 0. The molecular formula is C17H24N2O5. The first kappa shape index (κ1) is 19.6. The standard InChI is InChI=1S/C17H24N2O5/c1-3-24-15(21)9-12(2)16(17(18)22)19-14(20)11-23-10-13-7-5-4-6-8-13/h4-8,12,16H,3,9-11H2,1-2H3,(H2,18,22)(H,19,20)/t12-,16+/m0/s1. The van der Waals surface area contributed by atoms with Gasteiger partial charge in [0.15, 0.2) is 0 Å². The van der Waals surface area contributed by atoms with Gasteiger partial charge in [0.25, 0.3) is 0 Å². The SMILES string of the molecule is CCOC(=O)C[C@H](C)[C@@H](NC(=O)COCc1ccccc1)C(N)=O. The number of rotatable bonds is 10. The normalized spacial score (nSPS) is 12.9. The van der Waals surface area contributed by atoms with Crippen LogP contribution in [0, 0.1) is 5.92 Å². The molecule has 132 valence electrons. The van der Waals surface area contributed by atoms with Crippen molar-refractivity contribution in [2.45, 2.75) is 32.9 Å². The summed E-state index contributed by atoms with van der Waals surface area (Å²) in [5, 5.41) is 2.50. The lowest BCUT2D eigenvalue weighted by atomic mass is 9.97. The Labute approximate surface area is 141 Å². The molecule has 0 fully saturated rings. The summed E-state index contributed by atoms with van der Waals surface area (Å²) in [7, 11) is 0. The number of primary amides is 1. The third-order valence-corrected chi connectivity index (χ3v) is 3.33. The molecule has 0 bridgehead atoms. The minimum absolute atomic E-state index is 0.00734.